The van der Waals surface area contributed by atoms with E-state index in [1.807, 2.05) is 25.1 Å². The Morgan fingerprint density at radius 2 is 1.86 bits per heavy atom. The quantitative estimate of drug-likeness (QED) is 0.250. The molecular formula is C26H23N3O6. The zero-order chi connectivity index (χ0) is 24.9. The SMILES string of the molecule is COc1ccc(/C(O)=C2\C(=O)C(=O)N(c3nc4ccc(C)cc4[nH]3)C2c2ccc(C)o2)c(OC)c1. The number of rotatable bonds is 5. The van der Waals surface area contributed by atoms with Crippen molar-refractivity contribution in [3.05, 3.63) is 76.8 Å². The van der Waals surface area contributed by atoms with E-state index in [0.717, 1.165) is 5.56 Å². The van der Waals surface area contributed by atoms with Gasteiger partial charge in [0, 0.05) is 6.07 Å². The van der Waals surface area contributed by atoms with Crippen LogP contribution in [0.5, 0.6) is 11.5 Å². The number of benzene rings is 2. The van der Waals surface area contributed by atoms with Crippen LogP contribution in [0, 0.1) is 13.8 Å². The number of imidazole rings is 1. The standard InChI is InChI=1S/C26H23N3O6/c1-13-5-9-17-18(11-13)28-26(27-17)29-22(19-10-6-14(2)35-19)21(24(31)25(29)32)23(30)16-8-7-15(33-3)12-20(16)34-4/h5-12,22,30H,1-4H3,(H,27,28)/b23-21+. The Hall–Kier alpha value is -4.53. The smallest absolute Gasteiger partial charge is 0.302 e. The molecule has 0 bridgehead atoms. The summed E-state index contributed by atoms with van der Waals surface area (Å²) in [7, 11) is 2.95. The van der Waals surface area contributed by atoms with Crippen LogP contribution in [0.2, 0.25) is 0 Å². The molecule has 0 saturated carbocycles. The summed E-state index contributed by atoms with van der Waals surface area (Å²) in [5.74, 6) is -0.231. The zero-order valence-corrected chi connectivity index (χ0v) is 19.6. The third-order valence-electron chi connectivity index (χ3n) is 5.99. The maximum Gasteiger partial charge on any atom is 0.302 e. The van der Waals surface area contributed by atoms with Gasteiger partial charge in [0.1, 0.15) is 34.8 Å². The van der Waals surface area contributed by atoms with Crippen molar-refractivity contribution in [1.29, 1.82) is 0 Å². The first-order valence-corrected chi connectivity index (χ1v) is 10.9. The number of aromatic amines is 1. The topological polar surface area (TPSA) is 118 Å². The number of nitrogens with one attached hydrogen (secondary N) is 1. The highest BCUT2D eigenvalue weighted by molar-refractivity contribution is 6.51. The summed E-state index contributed by atoms with van der Waals surface area (Å²) in [6.07, 6.45) is 0. The predicted octanol–water partition coefficient (Wildman–Crippen LogP) is 4.42. The number of aromatic nitrogens is 2. The van der Waals surface area contributed by atoms with E-state index in [4.69, 9.17) is 13.9 Å². The zero-order valence-electron chi connectivity index (χ0n) is 19.6. The number of methoxy groups -OCH3 is 2. The molecule has 1 fully saturated rings. The normalized spacial score (nSPS) is 17.4. The molecule has 9 heteroatoms. The molecule has 1 atom stereocenters. The number of amides is 1. The van der Waals surface area contributed by atoms with Crippen molar-refractivity contribution in [1.82, 2.24) is 9.97 Å². The molecule has 5 rings (SSSR count). The Labute approximate surface area is 200 Å². The van der Waals surface area contributed by atoms with Crippen LogP contribution >= 0.6 is 0 Å². The lowest BCUT2D eigenvalue weighted by Crippen LogP contribution is -2.30. The number of aliphatic hydroxyl groups is 1. The monoisotopic (exact) mass is 473 g/mol. The van der Waals surface area contributed by atoms with Gasteiger partial charge in [0.25, 0.3) is 5.78 Å². The number of anilines is 1. The van der Waals surface area contributed by atoms with Crippen LogP contribution in [0.3, 0.4) is 0 Å². The maximum absolute atomic E-state index is 13.3. The number of carbonyl (C=O) groups excluding carboxylic acids is 2. The molecule has 2 N–H and O–H groups in total. The van der Waals surface area contributed by atoms with E-state index in [1.54, 1.807) is 37.3 Å². The first-order chi connectivity index (χ1) is 16.8. The fraction of sp³-hybridized carbons (Fsp3) is 0.192. The minimum atomic E-state index is -1.04. The van der Waals surface area contributed by atoms with Crippen LogP contribution in [-0.4, -0.2) is 41.0 Å². The predicted molar refractivity (Wildman–Crippen MR) is 129 cm³/mol. The largest absolute Gasteiger partial charge is 0.507 e. The highest BCUT2D eigenvalue weighted by Gasteiger charge is 2.49. The molecule has 2 aromatic heterocycles. The first kappa shape index (κ1) is 22.3. The van der Waals surface area contributed by atoms with Crippen molar-refractivity contribution in [2.75, 3.05) is 19.1 Å². The first-order valence-electron chi connectivity index (χ1n) is 10.9. The van der Waals surface area contributed by atoms with Gasteiger partial charge in [-0.25, -0.2) is 4.98 Å². The Morgan fingerprint density at radius 3 is 2.54 bits per heavy atom. The number of furan rings is 1. The third kappa shape index (κ3) is 3.61. The number of aryl methyl sites for hydroxylation is 2. The molecule has 0 aliphatic carbocycles. The number of ketones is 1. The lowest BCUT2D eigenvalue weighted by molar-refractivity contribution is -0.132. The second kappa shape index (κ2) is 8.35. The number of H-pyrrole nitrogens is 1. The average molecular weight is 473 g/mol. The molecule has 4 aromatic rings. The Kier molecular flexibility index (Phi) is 5.32. The number of aliphatic hydroxyl groups excluding tert-OH is 1. The van der Waals surface area contributed by atoms with E-state index >= 15 is 0 Å². The average Bonchev–Trinajstić information content (AvgIpc) is 3.53. The van der Waals surface area contributed by atoms with Gasteiger partial charge in [0.2, 0.25) is 5.95 Å². The lowest BCUT2D eigenvalue weighted by atomic mass is 9.98. The van der Waals surface area contributed by atoms with Crippen molar-refractivity contribution in [3.63, 3.8) is 0 Å². The molecule has 0 spiro atoms. The highest BCUT2D eigenvalue weighted by Crippen LogP contribution is 2.43. The number of fused-ring (bicyclic) bond motifs is 1. The van der Waals surface area contributed by atoms with E-state index in [1.165, 1.54) is 19.1 Å². The molecule has 0 radical (unpaired) electrons. The summed E-state index contributed by atoms with van der Waals surface area (Å²) in [6, 6.07) is 12.8. The fourth-order valence-electron chi connectivity index (χ4n) is 4.28. The summed E-state index contributed by atoms with van der Waals surface area (Å²) in [5.41, 5.74) is 2.47. The summed E-state index contributed by atoms with van der Waals surface area (Å²) in [6.45, 7) is 3.70. The number of Topliss-reactive ketones (excluding diaryl/α,β-unsaturated/α-hetero) is 1. The molecule has 1 saturated heterocycles. The van der Waals surface area contributed by atoms with E-state index in [2.05, 4.69) is 9.97 Å². The van der Waals surface area contributed by atoms with Crippen molar-refractivity contribution in [3.8, 4) is 11.5 Å². The van der Waals surface area contributed by atoms with E-state index < -0.39 is 23.5 Å². The molecule has 1 aliphatic heterocycles. The Morgan fingerprint density at radius 1 is 1.06 bits per heavy atom. The molecule has 35 heavy (non-hydrogen) atoms. The number of hydrogen-bond acceptors (Lipinski definition) is 7. The van der Waals surface area contributed by atoms with Gasteiger partial charge in [-0.15, -0.1) is 0 Å². The number of hydrogen-bond donors (Lipinski definition) is 2. The van der Waals surface area contributed by atoms with Gasteiger partial charge >= 0.3 is 5.91 Å². The third-order valence-corrected chi connectivity index (χ3v) is 5.99. The lowest BCUT2D eigenvalue weighted by Gasteiger charge is -2.21. The highest BCUT2D eigenvalue weighted by atomic mass is 16.5. The molecule has 1 amide bonds. The molecule has 1 aliphatic rings. The Balaban J connectivity index is 1.73. The molecule has 9 nitrogen and oxygen atoms in total. The molecule has 2 aromatic carbocycles. The van der Waals surface area contributed by atoms with Crippen molar-refractivity contribution in [2.24, 2.45) is 0 Å². The minimum absolute atomic E-state index is 0.135. The van der Waals surface area contributed by atoms with Crippen molar-refractivity contribution in [2.45, 2.75) is 19.9 Å². The van der Waals surface area contributed by atoms with Gasteiger partial charge in [0.15, 0.2) is 0 Å². The summed E-state index contributed by atoms with van der Waals surface area (Å²) < 4.78 is 16.5. The summed E-state index contributed by atoms with van der Waals surface area (Å²) >= 11 is 0. The van der Waals surface area contributed by atoms with Crippen molar-refractivity contribution >= 4 is 34.4 Å². The van der Waals surface area contributed by atoms with Gasteiger partial charge in [0.05, 0.1) is 36.4 Å². The summed E-state index contributed by atoms with van der Waals surface area (Å²) in [5, 5.41) is 11.4. The van der Waals surface area contributed by atoms with Crippen LogP contribution in [-0.2, 0) is 9.59 Å². The minimum Gasteiger partial charge on any atom is -0.507 e. The van der Waals surface area contributed by atoms with Crippen LogP contribution in [0.4, 0.5) is 5.95 Å². The van der Waals surface area contributed by atoms with Gasteiger partial charge < -0.3 is 24.0 Å². The van der Waals surface area contributed by atoms with E-state index in [0.29, 0.717) is 28.3 Å². The second-order valence-electron chi connectivity index (χ2n) is 8.26. The number of carbonyl (C=O) groups is 2. The summed E-state index contributed by atoms with van der Waals surface area (Å²) in [4.78, 5) is 35.5. The second-order valence-corrected chi connectivity index (χ2v) is 8.26. The van der Waals surface area contributed by atoms with E-state index in [-0.39, 0.29) is 22.8 Å². The van der Waals surface area contributed by atoms with Crippen LogP contribution < -0.4 is 14.4 Å². The van der Waals surface area contributed by atoms with Gasteiger partial charge in [-0.1, -0.05) is 6.07 Å². The Bertz CT molecular complexity index is 1510. The fourth-order valence-corrected chi connectivity index (χ4v) is 4.28. The van der Waals surface area contributed by atoms with E-state index in [9.17, 15) is 14.7 Å². The number of ether oxygens (including phenoxy) is 2. The van der Waals surface area contributed by atoms with Gasteiger partial charge in [-0.3, -0.25) is 14.5 Å². The van der Waals surface area contributed by atoms with Crippen molar-refractivity contribution < 1.29 is 28.6 Å². The van der Waals surface area contributed by atoms with Crippen LogP contribution in [0.25, 0.3) is 16.8 Å². The van der Waals surface area contributed by atoms with Gasteiger partial charge in [-0.05, 0) is 55.8 Å². The van der Waals surface area contributed by atoms with Gasteiger partial charge in [-0.2, -0.15) is 0 Å². The molecule has 3 heterocycles. The number of nitrogens with zero attached hydrogens (tertiary/aromatic N) is 2. The van der Waals surface area contributed by atoms with Crippen LogP contribution in [0.1, 0.15) is 28.7 Å². The molecule has 178 valence electrons. The molecular weight excluding hydrogens is 450 g/mol. The molecule has 1 unspecified atom stereocenters. The van der Waals surface area contributed by atoms with Crippen LogP contribution in [0.15, 0.2) is 58.5 Å². The maximum atomic E-state index is 13.3.